The predicted molar refractivity (Wildman–Crippen MR) is 76.3 cm³/mol. The Labute approximate surface area is 123 Å². The molecular weight excluding hydrogens is 304 g/mol. The molecule has 0 unspecified atom stereocenters. The van der Waals surface area contributed by atoms with Gasteiger partial charge in [-0.05, 0) is 18.8 Å². The molecule has 1 aliphatic carbocycles. The average Bonchev–Trinajstić information content (AvgIpc) is 3.09. The molecule has 2 amide bonds. The zero-order chi connectivity index (χ0) is 13.7. The van der Waals surface area contributed by atoms with Gasteiger partial charge in [-0.1, -0.05) is 34.9 Å². The van der Waals surface area contributed by atoms with Crippen LogP contribution in [0.5, 0.6) is 0 Å². The number of rotatable bonds is 8. The summed E-state index contributed by atoms with van der Waals surface area (Å²) in [5, 5.41) is 10.8. The molecule has 0 aliphatic heterocycles. The molecule has 6 nitrogen and oxygen atoms in total. The molecule has 104 valence electrons. The van der Waals surface area contributed by atoms with Gasteiger partial charge in [0.05, 0.1) is 11.5 Å². The summed E-state index contributed by atoms with van der Waals surface area (Å²) in [4.78, 5) is 22.2. The van der Waals surface area contributed by atoms with Gasteiger partial charge in [0.1, 0.15) is 0 Å². The molecule has 1 fully saturated rings. The Morgan fingerprint density at radius 3 is 2.47 bits per heavy atom. The van der Waals surface area contributed by atoms with E-state index in [9.17, 15) is 9.59 Å². The highest BCUT2D eigenvalue weighted by Crippen LogP contribution is 2.29. The summed E-state index contributed by atoms with van der Waals surface area (Å²) in [7, 11) is 0. The second-order valence-electron chi connectivity index (χ2n) is 4.12. The van der Waals surface area contributed by atoms with Crippen LogP contribution in [0.1, 0.15) is 12.8 Å². The van der Waals surface area contributed by atoms with E-state index in [2.05, 4.69) is 15.5 Å². The fourth-order valence-corrected chi connectivity index (χ4v) is 3.79. The van der Waals surface area contributed by atoms with Crippen molar-refractivity contribution in [1.29, 1.82) is 0 Å². The summed E-state index contributed by atoms with van der Waals surface area (Å²) in [5.41, 5.74) is 5.05. The van der Waals surface area contributed by atoms with Gasteiger partial charge in [-0.3, -0.25) is 9.59 Å². The van der Waals surface area contributed by atoms with Crippen molar-refractivity contribution in [3.8, 4) is 0 Å². The van der Waals surface area contributed by atoms with E-state index < -0.39 is 0 Å². The number of amides is 2. The molecule has 1 aromatic rings. The number of nitrogens with two attached hydrogens (primary N) is 1. The van der Waals surface area contributed by atoms with Crippen molar-refractivity contribution in [2.24, 2.45) is 11.7 Å². The number of carbonyl (C=O) groups is 2. The Bertz CT molecular complexity index is 461. The summed E-state index contributed by atoms with van der Waals surface area (Å²) >= 11 is 3.99. The Hall–Kier alpha value is -0.800. The average molecular weight is 318 g/mol. The van der Waals surface area contributed by atoms with Crippen molar-refractivity contribution >= 4 is 46.7 Å². The molecule has 1 aromatic heterocycles. The first kappa shape index (κ1) is 14.6. The van der Waals surface area contributed by atoms with Crippen LogP contribution in [0.2, 0.25) is 0 Å². The minimum absolute atomic E-state index is 0.0263. The molecule has 9 heteroatoms. The van der Waals surface area contributed by atoms with Gasteiger partial charge in [-0.15, -0.1) is 10.2 Å². The van der Waals surface area contributed by atoms with Crippen molar-refractivity contribution in [2.45, 2.75) is 21.5 Å². The molecule has 0 saturated heterocycles. The van der Waals surface area contributed by atoms with Gasteiger partial charge in [0.25, 0.3) is 0 Å². The van der Waals surface area contributed by atoms with E-state index in [4.69, 9.17) is 5.73 Å². The monoisotopic (exact) mass is 318 g/mol. The van der Waals surface area contributed by atoms with Crippen LogP contribution >= 0.6 is 34.9 Å². The number of primary amides is 1. The van der Waals surface area contributed by atoms with Gasteiger partial charge >= 0.3 is 0 Å². The second kappa shape index (κ2) is 7.11. The minimum Gasteiger partial charge on any atom is -0.369 e. The predicted octanol–water partition coefficient (Wildman–Crippen LogP) is 0.734. The highest BCUT2D eigenvalue weighted by atomic mass is 32.2. The first-order valence-corrected chi connectivity index (χ1v) is 8.56. The van der Waals surface area contributed by atoms with Crippen molar-refractivity contribution in [2.75, 3.05) is 18.1 Å². The van der Waals surface area contributed by atoms with Crippen LogP contribution in [0.3, 0.4) is 0 Å². The molecule has 0 bridgehead atoms. The van der Waals surface area contributed by atoms with Crippen molar-refractivity contribution < 1.29 is 9.59 Å². The maximum Gasteiger partial charge on any atom is 0.230 e. The Morgan fingerprint density at radius 1 is 1.26 bits per heavy atom. The van der Waals surface area contributed by atoms with E-state index in [0.29, 0.717) is 16.0 Å². The van der Waals surface area contributed by atoms with Gasteiger partial charge < -0.3 is 11.1 Å². The summed E-state index contributed by atoms with van der Waals surface area (Å²) in [6.07, 6.45) is 2.45. The lowest BCUT2D eigenvalue weighted by Gasteiger charge is -2.01. The van der Waals surface area contributed by atoms with Gasteiger partial charge in [-0.25, -0.2) is 0 Å². The summed E-state index contributed by atoms with van der Waals surface area (Å²) < 4.78 is 1.42. The summed E-state index contributed by atoms with van der Waals surface area (Å²) in [5.74, 6) is 0.878. The smallest absolute Gasteiger partial charge is 0.230 e. The lowest BCUT2D eigenvalue weighted by molar-refractivity contribution is -0.118. The van der Waals surface area contributed by atoms with Crippen molar-refractivity contribution in [3.63, 3.8) is 0 Å². The summed E-state index contributed by atoms with van der Waals surface area (Å²) in [6.45, 7) is 0.787. The van der Waals surface area contributed by atoms with Crippen molar-refractivity contribution in [3.05, 3.63) is 0 Å². The third-order valence-electron chi connectivity index (χ3n) is 2.34. The Balaban J connectivity index is 1.66. The molecule has 0 atom stereocenters. The van der Waals surface area contributed by atoms with Crippen LogP contribution in [0.25, 0.3) is 0 Å². The largest absolute Gasteiger partial charge is 0.369 e. The topological polar surface area (TPSA) is 98.0 Å². The quantitative estimate of drug-likeness (QED) is 0.686. The number of nitrogens with one attached hydrogen (secondary N) is 1. The van der Waals surface area contributed by atoms with Crippen LogP contribution in [0, 0.1) is 5.92 Å². The lowest BCUT2D eigenvalue weighted by atomic mass is 10.4. The number of hydrogen-bond donors (Lipinski definition) is 2. The summed E-state index contributed by atoms with van der Waals surface area (Å²) in [6, 6.07) is 0. The van der Waals surface area contributed by atoms with Crippen LogP contribution in [-0.2, 0) is 9.59 Å². The molecule has 0 spiro atoms. The zero-order valence-corrected chi connectivity index (χ0v) is 12.6. The molecule has 1 aliphatic rings. The van der Waals surface area contributed by atoms with E-state index in [1.54, 1.807) is 0 Å². The van der Waals surface area contributed by atoms with E-state index in [1.807, 2.05) is 0 Å². The molecule has 3 N–H and O–H groups in total. The Morgan fingerprint density at radius 2 is 1.89 bits per heavy atom. The molecule has 19 heavy (non-hydrogen) atoms. The number of aromatic nitrogens is 2. The van der Waals surface area contributed by atoms with Crippen LogP contribution in [-0.4, -0.2) is 40.1 Å². The number of nitrogens with zero attached hydrogens (tertiary/aromatic N) is 2. The third kappa shape index (κ3) is 5.79. The Kier molecular flexibility index (Phi) is 5.46. The maximum absolute atomic E-state index is 11.5. The molecule has 0 aromatic carbocycles. The maximum atomic E-state index is 11.5. The van der Waals surface area contributed by atoms with E-state index in [1.165, 1.54) is 47.7 Å². The van der Waals surface area contributed by atoms with Gasteiger partial charge in [-0.2, -0.15) is 0 Å². The van der Waals surface area contributed by atoms with Gasteiger partial charge in [0, 0.05) is 6.54 Å². The first-order chi connectivity index (χ1) is 9.13. The standard InChI is InChI=1S/C10H14N4O2S3/c11-7(15)4-17-9-13-14-10(19-9)18-5-8(16)12-3-6-1-2-6/h6H,1-5H2,(H2,11,15)(H,12,16). The SMILES string of the molecule is NC(=O)CSc1nnc(SCC(=O)NCC2CC2)s1. The van der Waals surface area contributed by atoms with Gasteiger partial charge in [0.2, 0.25) is 11.8 Å². The van der Waals surface area contributed by atoms with E-state index in [-0.39, 0.29) is 17.6 Å². The number of hydrogen-bond acceptors (Lipinski definition) is 7. The molecule has 0 radical (unpaired) electrons. The lowest BCUT2D eigenvalue weighted by Crippen LogP contribution is -2.27. The van der Waals surface area contributed by atoms with Crippen LogP contribution < -0.4 is 11.1 Å². The fourth-order valence-electron chi connectivity index (χ4n) is 1.21. The first-order valence-electron chi connectivity index (χ1n) is 5.77. The molecular formula is C10H14N4O2S3. The fraction of sp³-hybridized carbons (Fsp3) is 0.600. The van der Waals surface area contributed by atoms with E-state index >= 15 is 0 Å². The third-order valence-corrected chi connectivity index (χ3v) is 5.55. The van der Waals surface area contributed by atoms with Gasteiger partial charge in [0.15, 0.2) is 8.68 Å². The minimum atomic E-state index is -0.381. The highest BCUT2D eigenvalue weighted by Gasteiger charge is 2.21. The molecule has 2 rings (SSSR count). The van der Waals surface area contributed by atoms with E-state index in [0.717, 1.165) is 10.9 Å². The molecule has 1 heterocycles. The van der Waals surface area contributed by atoms with Crippen LogP contribution in [0.4, 0.5) is 0 Å². The normalized spacial score (nSPS) is 14.3. The number of carbonyl (C=O) groups excluding carboxylic acids is 2. The highest BCUT2D eigenvalue weighted by molar-refractivity contribution is 8.03. The van der Waals surface area contributed by atoms with Crippen LogP contribution in [0.15, 0.2) is 8.68 Å². The zero-order valence-electron chi connectivity index (χ0n) is 10.1. The number of thioether (sulfide) groups is 2. The van der Waals surface area contributed by atoms with Crippen molar-refractivity contribution in [1.82, 2.24) is 15.5 Å². The molecule has 1 saturated carbocycles. The second-order valence-corrected chi connectivity index (χ2v) is 7.55.